The van der Waals surface area contributed by atoms with E-state index in [9.17, 15) is 14.7 Å². The van der Waals surface area contributed by atoms with Crippen molar-refractivity contribution < 1.29 is 23.8 Å². The Labute approximate surface area is 148 Å². The summed E-state index contributed by atoms with van der Waals surface area (Å²) in [5.74, 6) is 4.99. The Morgan fingerprint density at radius 3 is 2.32 bits per heavy atom. The van der Waals surface area contributed by atoms with Crippen molar-refractivity contribution in [2.75, 3.05) is 26.7 Å². The first kappa shape index (κ1) is 21.2. The highest BCUT2D eigenvalue weighted by atomic mass is 28.4. The Hall–Kier alpha value is -1.84. The standard InChI is InChI=1S/C16H28N2O6Si/c1-16(2,3)25(6,7)24-12(9-19)10-8-11(20)14(22-4)13(18(10)17)15(21)23-5/h8,12,19H,9,17H2,1-7H3. The molecular weight excluding hydrogens is 344 g/mol. The number of esters is 1. The summed E-state index contributed by atoms with van der Waals surface area (Å²) in [6, 6.07) is 1.21. The van der Waals surface area contributed by atoms with Crippen molar-refractivity contribution >= 4 is 14.3 Å². The summed E-state index contributed by atoms with van der Waals surface area (Å²) in [5.41, 5.74) is -0.597. The lowest BCUT2D eigenvalue weighted by molar-refractivity contribution is 0.0579. The second-order valence-corrected chi connectivity index (χ2v) is 12.0. The second kappa shape index (κ2) is 7.59. The first-order valence-corrected chi connectivity index (χ1v) is 10.8. The van der Waals surface area contributed by atoms with Crippen LogP contribution in [-0.4, -0.2) is 44.9 Å². The van der Waals surface area contributed by atoms with Gasteiger partial charge in [-0.2, -0.15) is 0 Å². The van der Waals surface area contributed by atoms with E-state index >= 15 is 0 Å². The molecule has 1 aromatic heterocycles. The monoisotopic (exact) mass is 372 g/mol. The molecule has 9 heteroatoms. The summed E-state index contributed by atoms with van der Waals surface area (Å²) in [6.07, 6.45) is -0.854. The third-order valence-electron chi connectivity index (χ3n) is 4.56. The number of nitrogens with two attached hydrogens (primary N) is 1. The molecule has 0 aliphatic heterocycles. The number of rotatable bonds is 6. The number of aliphatic hydroxyl groups is 1. The average molecular weight is 372 g/mol. The maximum absolute atomic E-state index is 12.3. The van der Waals surface area contributed by atoms with Crippen LogP contribution in [0, 0.1) is 0 Å². The van der Waals surface area contributed by atoms with Gasteiger partial charge in [0, 0.05) is 6.07 Å². The molecule has 0 aliphatic carbocycles. The second-order valence-electron chi connectivity index (χ2n) is 7.23. The number of methoxy groups -OCH3 is 2. The maximum atomic E-state index is 12.3. The zero-order valence-corrected chi connectivity index (χ0v) is 16.9. The smallest absolute Gasteiger partial charge is 0.360 e. The minimum Gasteiger partial charge on any atom is -0.490 e. The van der Waals surface area contributed by atoms with Crippen LogP contribution >= 0.6 is 0 Å². The highest BCUT2D eigenvalue weighted by Gasteiger charge is 2.40. The lowest BCUT2D eigenvalue weighted by Crippen LogP contribution is -2.43. The van der Waals surface area contributed by atoms with Crippen molar-refractivity contribution in [3.8, 4) is 5.75 Å². The van der Waals surface area contributed by atoms with Crippen molar-refractivity contribution in [1.82, 2.24) is 4.68 Å². The molecule has 0 aromatic carbocycles. The maximum Gasteiger partial charge on any atom is 0.360 e. The lowest BCUT2D eigenvalue weighted by Gasteiger charge is -2.39. The molecule has 0 spiro atoms. The SMILES string of the molecule is COC(=O)c1c(OC)c(=O)cc(C(CO)O[Si](C)(C)C(C)(C)C)n1N. The molecule has 25 heavy (non-hydrogen) atoms. The molecule has 0 aliphatic rings. The molecule has 0 saturated carbocycles. The molecule has 1 heterocycles. The van der Waals surface area contributed by atoms with Gasteiger partial charge in [0.15, 0.2) is 19.8 Å². The highest BCUT2D eigenvalue weighted by molar-refractivity contribution is 6.74. The summed E-state index contributed by atoms with van der Waals surface area (Å²) in [4.78, 5) is 24.4. The van der Waals surface area contributed by atoms with Crippen LogP contribution in [0.25, 0.3) is 0 Å². The van der Waals surface area contributed by atoms with E-state index in [1.54, 1.807) is 0 Å². The predicted molar refractivity (Wildman–Crippen MR) is 96.9 cm³/mol. The molecule has 1 rings (SSSR count). The molecule has 0 saturated heterocycles. The molecule has 8 nitrogen and oxygen atoms in total. The van der Waals surface area contributed by atoms with Crippen LogP contribution in [0.3, 0.4) is 0 Å². The summed E-state index contributed by atoms with van der Waals surface area (Å²) in [5, 5.41) is 9.70. The quantitative estimate of drug-likeness (QED) is 0.441. The predicted octanol–water partition coefficient (Wildman–Crippen LogP) is 1.41. The van der Waals surface area contributed by atoms with Crippen LogP contribution < -0.4 is 16.0 Å². The van der Waals surface area contributed by atoms with Gasteiger partial charge in [-0.25, -0.2) is 4.79 Å². The number of aromatic nitrogens is 1. The Bertz CT molecular complexity index is 693. The fourth-order valence-corrected chi connectivity index (χ4v) is 3.34. The Kier molecular flexibility index (Phi) is 6.43. The van der Waals surface area contributed by atoms with Crippen molar-refractivity contribution in [3.63, 3.8) is 0 Å². The number of hydrogen-bond acceptors (Lipinski definition) is 7. The van der Waals surface area contributed by atoms with E-state index in [1.807, 2.05) is 13.1 Å². The topological polar surface area (TPSA) is 113 Å². The summed E-state index contributed by atoms with van der Waals surface area (Å²) < 4.78 is 16.8. The summed E-state index contributed by atoms with van der Waals surface area (Å²) in [7, 11) is 0.172. The molecule has 0 bridgehead atoms. The molecular formula is C16H28N2O6Si. The van der Waals surface area contributed by atoms with Gasteiger partial charge in [-0.1, -0.05) is 20.8 Å². The van der Waals surface area contributed by atoms with E-state index < -0.39 is 32.4 Å². The van der Waals surface area contributed by atoms with E-state index in [4.69, 9.17) is 15.0 Å². The summed E-state index contributed by atoms with van der Waals surface area (Å²) in [6.45, 7) is 9.79. The summed E-state index contributed by atoms with van der Waals surface area (Å²) >= 11 is 0. The third-order valence-corrected chi connectivity index (χ3v) is 9.04. The molecule has 3 N–H and O–H groups in total. The average Bonchev–Trinajstić information content (AvgIpc) is 2.52. The first-order valence-electron chi connectivity index (χ1n) is 7.87. The van der Waals surface area contributed by atoms with Gasteiger partial charge >= 0.3 is 5.97 Å². The number of pyridine rings is 1. The number of ether oxygens (including phenoxy) is 2. The van der Waals surface area contributed by atoms with Gasteiger partial charge < -0.3 is 24.8 Å². The van der Waals surface area contributed by atoms with Crippen molar-refractivity contribution in [2.24, 2.45) is 0 Å². The van der Waals surface area contributed by atoms with Crippen LogP contribution in [-0.2, 0) is 9.16 Å². The van der Waals surface area contributed by atoms with Crippen molar-refractivity contribution in [1.29, 1.82) is 0 Å². The fourth-order valence-electron chi connectivity index (χ4n) is 2.08. The van der Waals surface area contributed by atoms with Gasteiger partial charge in [0.2, 0.25) is 5.43 Å². The molecule has 1 aromatic rings. The zero-order chi connectivity index (χ0) is 19.6. The van der Waals surface area contributed by atoms with E-state index in [0.717, 1.165) is 4.68 Å². The zero-order valence-electron chi connectivity index (χ0n) is 15.9. The molecule has 1 unspecified atom stereocenters. The minimum atomic E-state index is -2.27. The molecule has 142 valence electrons. The van der Waals surface area contributed by atoms with Crippen LogP contribution in [0.4, 0.5) is 0 Å². The molecule has 0 fully saturated rings. The van der Waals surface area contributed by atoms with Crippen LogP contribution in [0.1, 0.15) is 43.1 Å². The van der Waals surface area contributed by atoms with Crippen LogP contribution in [0.2, 0.25) is 18.1 Å². The number of nitrogen functional groups attached to an aromatic ring is 1. The van der Waals surface area contributed by atoms with Gasteiger partial charge in [-0.15, -0.1) is 0 Å². The highest BCUT2D eigenvalue weighted by Crippen LogP contribution is 2.39. The van der Waals surface area contributed by atoms with E-state index in [-0.39, 0.29) is 22.2 Å². The van der Waals surface area contributed by atoms with E-state index in [0.29, 0.717) is 0 Å². The van der Waals surface area contributed by atoms with Crippen LogP contribution in [0.5, 0.6) is 5.75 Å². The number of hydrogen-bond donors (Lipinski definition) is 2. The number of carbonyl (C=O) groups is 1. The van der Waals surface area contributed by atoms with Gasteiger partial charge in [-0.3, -0.25) is 9.47 Å². The Balaban J connectivity index is 3.52. The normalized spacial score (nSPS) is 13.4. The number of aliphatic hydroxyl groups excluding tert-OH is 1. The number of carbonyl (C=O) groups excluding carboxylic acids is 1. The first-order chi connectivity index (χ1) is 11.4. The molecule has 1 atom stereocenters. The van der Waals surface area contributed by atoms with Crippen molar-refractivity contribution in [3.05, 3.63) is 27.7 Å². The van der Waals surface area contributed by atoms with Gasteiger partial charge in [0.1, 0.15) is 6.10 Å². The Morgan fingerprint density at radius 2 is 1.92 bits per heavy atom. The third kappa shape index (κ3) is 4.23. The largest absolute Gasteiger partial charge is 0.490 e. The minimum absolute atomic E-state index is 0.113. The van der Waals surface area contributed by atoms with Crippen LogP contribution in [0.15, 0.2) is 10.9 Å². The fraction of sp³-hybridized carbons (Fsp3) is 0.625. The van der Waals surface area contributed by atoms with Gasteiger partial charge in [-0.05, 0) is 18.1 Å². The molecule has 0 amide bonds. The van der Waals surface area contributed by atoms with E-state index in [2.05, 4.69) is 25.5 Å². The Morgan fingerprint density at radius 1 is 1.36 bits per heavy atom. The van der Waals surface area contributed by atoms with E-state index in [1.165, 1.54) is 20.3 Å². The molecule has 0 radical (unpaired) electrons. The lowest BCUT2D eigenvalue weighted by atomic mass is 10.2. The van der Waals surface area contributed by atoms with Crippen molar-refractivity contribution in [2.45, 2.75) is 45.0 Å². The van der Waals surface area contributed by atoms with Gasteiger partial charge in [0.25, 0.3) is 0 Å². The number of nitrogens with zero attached hydrogens (tertiary/aromatic N) is 1. The van der Waals surface area contributed by atoms with Gasteiger partial charge in [0.05, 0.1) is 26.5 Å².